The molecule has 2 rings (SSSR count). The molecule has 0 aromatic heterocycles. The third kappa shape index (κ3) is 3.78. The van der Waals surface area contributed by atoms with E-state index in [1.165, 1.54) is 13.0 Å². The molecule has 110 valence electrons. The van der Waals surface area contributed by atoms with Crippen LogP contribution < -0.4 is 10.1 Å². The van der Waals surface area contributed by atoms with Gasteiger partial charge in [-0.2, -0.15) is 0 Å². The van der Waals surface area contributed by atoms with Gasteiger partial charge in [-0.25, -0.2) is 8.78 Å². The Bertz CT molecular complexity index is 638. The van der Waals surface area contributed by atoms with Crippen LogP contribution in [0.5, 0.6) is 5.75 Å². The minimum absolute atomic E-state index is 0.470. The second-order valence-electron chi connectivity index (χ2n) is 4.66. The molecule has 0 heterocycles. The SMILES string of the molecule is Cc1cccc(OC(C)C(=O)Nc2c(F)cccc2F)c1. The molecule has 1 unspecified atom stereocenters. The van der Waals surface area contributed by atoms with Crippen molar-refractivity contribution in [1.82, 2.24) is 0 Å². The summed E-state index contributed by atoms with van der Waals surface area (Å²) >= 11 is 0. The van der Waals surface area contributed by atoms with E-state index in [-0.39, 0.29) is 0 Å². The zero-order valence-corrected chi connectivity index (χ0v) is 11.7. The van der Waals surface area contributed by atoms with Crippen molar-refractivity contribution < 1.29 is 18.3 Å². The van der Waals surface area contributed by atoms with Gasteiger partial charge in [-0.05, 0) is 43.7 Å². The predicted octanol–water partition coefficient (Wildman–Crippen LogP) is 3.68. The highest BCUT2D eigenvalue weighted by Crippen LogP contribution is 2.19. The average Bonchev–Trinajstić information content (AvgIpc) is 2.43. The molecule has 0 saturated heterocycles. The van der Waals surface area contributed by atoms with Crippen LogP contribution in [0.25, 0.3) is 0 Å². The van der Waals surface area contributed by atoms with Crippen molar-refractivity contribution >= 4 is 11.6 Å². The van der Waals surface area contributed by atoms with Gasteiger partial charge < -0.3 is 10.1 Å². The average molecular weight is 291 g/mol. The van der Waals surface area contributed by atoms with Gasteiger partial charge in [0.25, 0.3) is 5.91 Å². The van der Waals surface area contributed by atoms with E-state index >= 15 is 0 Å². The number of hydrogen-bond acceptors (Lipinski definition) is 2. The largest absolute Gasteiger partial charge is 0.481 e. The van der Waals surface area contributed by atoms with Crippen LogP contribution >= 0.6 is 0 Å². The first-order valence-corrected chi connectivity index (χ1v) is 6.45. The molecule has 2 aromatic carbocycles. The summed E-state index contributed by atoms with van der Waals surface area (Å²) in [5.41, 5.74) is 0.516. The lowest BCUT2D eigenvalue weighted by atomic mass is 10.2. The molecule has 5 heteroatoms. The Labute approximate surface area is 121 Å². The number of halogens is 2. The first-order valence-electron chi connectivity index (χ1n) is 6.45. The zero-order valence-electron chi connectivity index (χ0n) is 11.7. The molecule has 0 aliphatic carbocycles. The predicted molar refractivity (Wildman–Crippen MR) is 76.3 cm³/mol. The van der Waals surface area contributed by atoms with Gasteiger partial charge in [-0.3, -0.25) is 4.79 Å². The highest BCUT2D eigenvalue weighted by molar-refractivity contribution is 5.94. The molecule has 0 saturated carbocycles. The number of hydrogen-bond donors (Lipinski definition) is 1. The third-order valence-corrected chi connectivity index (χ3v) is 2.88. The standard InChI is InChI=1S/C16H15F2NO2/c1-10-5-3-6-12(9-10)21-11(2)16(20)19-15-13(17)7-4-8-14(15)18/h3-9,11H,1-2H3,(H,19,20). The Morgan fingerprint density at radius 3 is 2.38 bits per heavy atom. The highest BCUT2D eigenvalue weighted by Gasteiger charge is 2.18. The number of aryl methyl sites for hydroxylation is 1. The maximum atomic E-state index is 13.5. The Morgan fingerprint density at radius 1 is 1.14 bits per heavy atom. The number of amides is 1. The molecule has 0 aliphatic heterocycles. The topological polar surface area (TPSA) is 38.3 Å². The number of carbonyl (C=O) groups is 1. The Balaban J connectivity index is 2.06. The van der Waals surface area contributed by atoms with Crippen LogP contribution in [0, 0.1) is 18.6 Å². The number of ether oxygens (including phenoxy) is 1. The van der Waals surface area contributed by atoms with Crippen LogP contribution in [0.3, 0.4) is 0 Å². The van der Waals surface area contributed by atoms with Gasteiger partial charge >= 0.3 is 0 Å². The summed E-state index contributed by atoms with van der Waals surface area (Å²) in [5, 5.41) is 2.20. The Kier molecular flexibility index (Phi) is 4.52. The number of nitrogens with one attached hydrogen (secondary N) is 1. The van der Waals surface area contributed by atoms with Crippen molar-refractivity contribution in [3.63, 3.8) is 0 Å². The van der Waals surface area contributed by atoms with Crippen molar-refractivity contribution in [2.45, 2.75) is 20.0 Å². The first-order chi connectivity index (χ1) is 9.97. The molecule has 1 atom stereocenters. The van der Waals surface area contributed by atoms with E-state index in [0.717, 1.165) is 17.7 Å². The van der Waals surface area contributed by atoms with Crippen molar-refractivity contribution in [3.05, 3.63) is 59.7 Å². The summed E-state index contributed by atoms with van der Waals surface area (Å²) in [6.07, 6.45) is -0.884. The number of rotatable bonds is 4. The summed E-state index contributed by atoms with van der Waals surface area (Å²) in [6, 6.07) is 10.6. The second-order valence-corrected chi connectivity index (χ2v) is 4.66. The molecule has 3 nitrogen and oxygen atoms in total. The van der Waals surface area contributed by atoms with Crippen molar-refractivity contribution in [3.8, 4) is 5.75 Å². The van der Waals surface area contributed by atoms with E-state index < -0.39 is 29.3 Å². The van der Waals surface area contributed by atoms with Gasteiger partial charge in [-0.15, -0.1) is 0 Å². The summed E-state index contributed by atoms with van der Waals surface area (Å²) in [7, 11) is 0. The molecule has 0 radical (unpaired) electrons. The van der Waals surface area contributed by atoms with Gasteiger partial charge in [0, 0.05) is 0 Å². The van der Waals surface area contributed by atoms with Gasteiger partial charge in [0.05, 0.1) is 0 Å². The normalized spacial score (nSPS) is 11.8. The Hall–Kier alpha value is -2.43. The minimum atomic E-state index is -0.884. The molecular weight excluding hydrogens is 276 g/mol. The number of benzene rings is 2. The zero-order chi connectivity index (χ0) is 15.4. The minimum Gasteiger partial charge on any atom is -0.481 e. The van der Waals surface area contributed by atoms with Crippen LogP contribution in [0.4, 0.5) is 14.5 Å². The van der Waals surface area contributed by atoms with E-state index in [4.69, 9.17) is 4.74 Å². The molecule has 1 N–H and O–H groups in total. The highest BCUT2D eigenvalue weighted by atomic mass is 19.1. The first kappa shape index (κ1) is 15.0. The lowest BCUT2D eigenvalue weighted by Gasteiger charge is -2.15. The quantitative estimate of drug-likeness (QED) is 0.933. The smallest absolute Gasteiger partial charge is 0.265 e. The molecule has 2 aromatic rings. The van der Waals surface area contributed by atoms with Crippen LogP contribution in [-0.2, 0) is 4.79 Å². The van der Waals surface area contributed by atoms with Gasteiger partial charge in [0.15, 0.2) is 6.10 Å². The molecule has 0 fully saturated rings. The fourth-order valence-corrected chi connectivity index (χ4v) is 1.79. The van der Waals surface area contributed by atoms with Gasteiger partial charge in [-0.1, -0.05) is 18.2 Å². The van der Waals surface area contributed by atoms with Crippen LogP contribution in [0.2, 0.25) is 0 Å². The Morgan fingerprint density at radius 2 is 1.76 bits per heavy atom. The van der Waals surface area contributed by atoms with Crippen LogP contribution in [-0.4, -0.2) is 12.0 Å². The van der Waals surface area contributed by atoms with Crippen molar-refractivity contribution in [2.24, 2.45) is 0 Å². The maximum absolute atomic E-state index is 13.5. The van der Waals surface area contributed by atoms with E-state index in [9.17, 15) is 13.6 Å². The summed E-state index contributed by atoms with van der Waals surface area (Å²) in [6.45, 7) is 3.41. The van der Waals surface area contributed by atoms with E-state index in [1.54, 1.807) is 18.2 Å². The molecule has 21 heavy (non-hydrogen) atoms. The molecule has 1 amide bonds. The monoisotopic (exact) mass is 291 g/mol. The number of para-hydroxylation sites is 1. The third-order valence-electron chi connectivity index (χ3n) is 2.88. The van der Waals surface area contributed by atoms with Gasteiger partial charge in [0.2, 0.25) is 0 Å². The maximum Gasteiger partial charge on any atom is 0.265 e. The van der Waals surface area contributed by atoms with E-state index in [0.29, 0.717) is 5.75 Å². The van der Waals surface area contributed by atoms with Crippen LogP contribution in [0.1, 0.15) is 12.5 Å². The van der Waals surface area contributed by atoms with Crippen LogP contribution in [0.15, 0.2) is 42.5 Å². The fraction of sp³-hybridized carbons (Fsp3) is 0.188. The fourth-order valence-electron chi connectivity index (χ4n) is 1.79. The lowest BCUT2D eigenvalue weighted by molar-refractivity contribution is -0.122. The van der Waals surface area contributed by atoms with Gasteiger partial charge in [0.1, 0.15) is 23.1 Å². The second kappa shape index (κ2) is 6.35. The van der Waals surface area contributed by atoms with E-state index in [1.807, 2.05) is 13.0 Å². The lowest BCUT2D eigenvalue weighted by Crippen LogP contribution is -2.30. The van der Waals surface area contributed by atoms with Crippen molar-refractivity contribution in [1.29, 1.82) is 0 Å². The molecule has 0 spiro atoms. The molecular formula is C16H15F2NO2. The van der Waals surface area contributed by atoms with Crippen molar-refractivity contribution in [2.75, 3.05) is 5.32 Å². The number of carbonyl (C=O) groups excluding carboxylic acids is 1. The summed E-state index contributed by atoms with van der Waals surface area (Å²) in [5.74, 6) is -1.76. The van der Waals surface area contributed by atoms with E-state index in [2.05, 4.69) is 5.32 Å². The molecule has 0 bridgehead atoms. The summed E-state index contributed by atoms with van der Waals surface area (Å²) in [4.78, 5) is 11.9. The number of anilines is 1. The summed E-state index contributed by atoms with van der Waals surface area (Å²) < 4.78 is 32.4. The molecule has 0 aliphatic rings.